The lowest BCUT2D eigenvalue weighted by Crippen LogP contribution is -2.50. The molecule has 0 atom stereocenters. The zero-order valence-electron chi connectivity index (χ0n) is 14.6. The van der Waals surface area contributed by atoms with Crippen molar-refractivity contribution in [1.82, 2.24) is 4.90 Å². The lowest BCUT2D eigenvalue weighted by molar-refractivity contribution is -0.141. The summed E-state index contributed by atoms with van der Waals surface area (Å²) in [6.45, 7) is -0.271. The average molecular weight is 349 g/mol. The van der Waals surface area contributed by atoms with Crippen molar-refractivity contribution in [3.8, 4) is 5.95 Å². The Hall–Kier alpha value is -1.98. The maximum absolute atomic E-state index is 12.9. The van der Waals surface area contributed by atoms with E-state index in [1.807, 2.05) is 4.90 Å². The second kappa shape index (κ2) is 8.41. The smallest absolute Gasteiger partial charge is 0.374 e. The van der Waals surface area contributed by atoms with Crippen LogP contribution < -0.4 is 0 Å². The van der Waals surface area contributed by atoms with E-state index in [1.54, 1.807) is 0 Å². The number of furan rings is 1. The molecule has 1 aromatic heterocycles. The molecule has 0 aromatic carbocycles. The van der Waals surface area contributed by atoms with Crippen LogP contribution in [0.2, 0.25) is 0 Å². The summed E-state index contributed by atoms with van der Waals surface area (Å²) >= 11 is 0. The average Bonchev–Trinajstić information content (AvgIpc) is 3.08. The van der Waals surface area contributed by atoms with Gasteiger partial charge in [0.2, 0.25) is 5.76 Å². The van der Waals surface area contributed by atoms with Crippen molar-refractivity contribution in [2.24, 2.45) is 0 Å². The van der Waals surface area contributed by atoms with Gasteiger partial charge in [0.05, 0.1) is 0 Å². The van der Waals surface area contributed by atoms with E-state index in [9.17, 15) is 9.59 Å². The molecule has 138 valence electrons. The lowest BCUT2D eigenvalue weighted by Gasteiger charge is -2.41. The Morgan fingerprint density at radius 2 is 1.56 bits per heavy atom. The van der Waals surface area contributed by atoms with Crippen LogP contribution in [-0.2, 0) is 9.53 Å². The maximum atomic E-state index is 12.9. The molecule has 1 heterocycles. The summed E-state index contributed by atoms with van der Waals surface area (Å²) in [5.74, 6) is -1.26. The topological polar surface area (TPSA) is 80.0 Å². The van der Waals surface area contributed by atoms with Crippen LogP contribution in [0.15, 0.2) is 16.5 Å². The Kier molecular flexibility index (Phi) is 6.00. The van der Waals surface area contributed by atoms with Crippen molar-refractivity contribution in [1.29, 1.82) is 0 Å². The first-order chi connectivity index (χ1) is 12.1. The molecule has 3 rings (SSSR count). The molecular weight excluding hydrogens is 322 g/mol. The summed E-state index contributed by atoms with van der Waals surface area (Å²) in [4.78, 5) is 26.8. The van der Waals surface area contributed by atoms with Gasteiger partial charge in [0.15, 0.2) is 6.61 Å². The third-order valence-electron chi connectivity index (χ3n) is 5.34. The molecular formula is C19H27NO5. The normalized spacial score (nSPS) is 19.5. The van der Waals surface area contributed by atoms with Gasteiger partial charge in [-0.2, -0.15) is 0 Å². The molecule has 0 spiro atoms. The quantitative estimate of drug-likeness (QED) is 0.821. The number of amides is 1. The molecule has 0 radical (unpaired) electrons. The predicted octanol–water partition coefficient (Wildman–Crippen LogP) is 3.64. The van der Waals surface area contributed by atoms with Crippen LogP contribution in [0.5, 0.6) is 5.95 Å². The van der Waals surface area contributed by atoms with Gasteiger partial charge in [-0.05, 0) is 31.7 Å². The summed E-state index contributed by atoms with van der Waals surface area (Å²) in [7, 11) is 0. The van der Waals surface area contributed by atoms with Crippen LogP contribution >= 0.6 is 0 Å². The fraction of sp³-hybridized carbons (Fsp3) is 0.684. The van der Waals surface area contributed by atoms with E-state index in [4.69, 9.17) is 14.3 Å². The zero-order valence-corrected chi connectivity index (χ0v) is 14.6. The van der Waals surface area contributed by atoms with Crippen molar-refractivity contribution < 1.29 is 23.8 Å². The van der Waals surface area contributed by atoms with E-state index in [0.29, 0.717) is 0 Å². The van der Waals surface area contributed by atoms with E-state index in [0.717, 1.165) is 51.4 Å². The van der Waals surface area contributed by atoms with Crippen molar-refractivity contribution in [3.63, 3.8) is 0 Å². The molecule has 2 saturated carbocycles. The van der Waals surface area contributed by atoms with Gasteiger partial charge < -0.3 is 19.2 Å². The number of ether oxygens (including phenoxy) is 1. The lowest BCUT2D eigenvalue weighted by atomic mass is 9.88. The Labute approximate surface area is 148 Å². The number of rotatable bonds is 5. The molecule has 0 saturated heterocycles. The number of nitrogens with zero attached hydrogens (tertiary/aromatic N) is 1. The Bertz CT molecular complexity index is 566. The van der Waals surface area contributed by atoms with Crippen LogP contribution in [0.1, 0.15) is 74.8 Å². The first kappa shape index (κ1) is 17.8. The molecule has 1 aromatic rings. The number of carbonyl (C=O) groups excluding carboxylic acids is 2. The van der Waals surface area contributed by atoms with Crippen molar-refractivity contribution in [2.45, 2.75) is 76.3 Å². The highest BCUT2D eigenvalue weighted by Gasteiger charge is 2.33. The molecule has 1 amide bonds. The van der Waals surface area contributed by atoms with Gasteiger partial charge in [-0.15, -0.1) is 0 Å². The summed E-state index contributed by atoms with van der Waals surface area (Å²) in [5, 5.41) is 9.16. The third-order valence-corrected chi connectivity index (χ3v) is 5.34. The van der Waals surface area contributed by atoms with E-state index in [2.05, 4.69) is 0 Å². The van der Waals surface area contributed by atoms with Gasteiger partial charge in [0, 0.05) is 18.2 Å². The largest absolute Gasteiger partial charge is 0.481 e. The van der Waals surface area contributed by atoms with E-state index in [1.165, 1.54) is 25.0 Å². The summed E-state index contributed by atoms with van der Waals surface area (Å²) < 4.78 is 9.96. The number of hydrogen-bond acceptors (Lipinski definition) is 5. The summed E-state index contributed by atoms with van der Waals surface area (Å²) in [6, 6.07) is 3.16. The second-order valence-corrected chi connectivity index (χ2v) is 7.10. The third kappa shape index (κ3) is 4.55. The van der Waals surface area contributed by atoms with Crippen molar-refractivity contribution in [3.05, 3.63) is 17.9 Å². The van der Waals surface area contributed by atoms with Gasteiger partial charge in [0.25, 0.3) is 11.9 Å². The Balaban J connectivity index is 1.62. The molecule has 6 heteroatoms. The zero-order chi connectivity index (χ0) is 17.6. The molecule has 0 aliphatic heterocycles. The maximum Gasteiger partial charge on any atom is 0.374 e. The summed E-state index contributed by atoms with van der Waals surface area (Å²) in [6.07, 6.45) is 11.3. The molecule has 1 N–H and O–H groups in total. The Morgan fingerprint density at radius 1 is 1.00 bits per heavy atom. The molecule has 2 fully saturated rings. The first-order valence-corrected chi connectivity index (χ1v) is 9.42. The van der Waals surface area contributed by atoms with Crippen LogP contribution in [0.25, 0.3) is 0 Å². The fourth-order valence-electron chi connectivity index (χ4n) is 4.13. The molecule has 6 nitrogen and oxygen atoms in total. The number of aromatic hydroxyl groups is 1. The minimum Gasteiger partial charge on any atom is -0.481 e. The highest BCUT2D eigenvalue weighted by Crippen LogP contribution is 2.30. The highest BCUT2D eigenvalue weighted by atomic mass is 16.6. The van der Waals surface area contributed by atoms with Gasteiger partial charge in [-0.3, -0.25) is 4.79 Å². The minimum absolute atomic E-state index is 0.0906. The van der Waals surface area contributed by atoms with Crippen LogP contribution in [-0.4, -0.2) is 40.6 Å². The SMILES string of the molecule is O=C(OCC(=O)N(C1CCCCC1)C1CCCCC1)c1ccc(O)o1. The monoisotopic (exact) mass is 349 g/mol. The number of esters is 1. The van der Waals surface area contributed by atoms with Crippen molar-refractivity contribution in [2.75, 3.05) is 6.61 Å². The molecule has 2 aliphatic rings. The standard InChI is InChI=1S/C19H27NO5/c21-17(13-24-19(23)16-11-12-18(22)25-16)20(14-7-3-1-4-8-14)15-9-5-2-6-10-15/h11-12,14-15,22H,1-10,13H2. The molecule has 2 aliphatic carbocycles. The highest BCUT2D eigenvalue weighted by molar-refractivity contribution is 5.89. The molecule has 25 heavy (non-hydrogen) atoms. The van der Waals surface area contributed by atoms with Crippen LogP contribution in [0.3, 0.4) is 0 Å². The van der Waals surface area contributed by atoms with Gasteiger partial charge >= 0.3 is 5.97 Å². The Morgan fingerprint density at radius 3 is 2.04 bits per heavy atom. The van der Waals surface area contributed by atoms with Crippen molar-refractivity contribution >= 4 is 11.9 Å². The number of carbonyl (C=O) groups is 2. The van der Waals surface area contributed by atoms with Crippen LogP contribution in [0, 0.1) is 0 Å². The van der Waals surface area contributed by atoms with Gasteiger partial charge in [0.1, 0.15) is 0 Å². The summed E-state index contributed by atoms with van der Waals surface area (Å²) in [5.41, 5.74) is 0. The molecule has 0 unspecified atom stereocenters. The fourth-order valence-corrected chi connectivity index (χ4v) is 4.13. The predicted molar refractivity (Wildman–Crippen MR) is 91.2 cm³/mol. The second-order valence-electron chi connectivity index (χ2n) is 7.10. The van der Waals surface area contributed by atoms with Crippen LogP contribution in [0.4, 0.5) is 0 Å². The van der Waals surface area contributed by atoms with E-state index >= 15 is 0 Å². The van der Waals surface area contributed by atoms with E-state index < -0.39 is 5.97 Å². The van der Waals surface area contributed by atoms with E-state index in [-0.39, 0.29) is 36.3 Å². The first-order valence-electron chi connectivity index (χ1n) is 9.42. The minimum atomic E-state index is -0.721. The number of hydrogen-bond donors (Lipinski definition) is 1. The van der Waals surface area contributed by atoms with Gasteiger partial charge in [-0.1, -0.05) is 38.5 Å². The molecule has 0 bridgehead atoms. The van der Waals surface area contributed by atoms with Gasteiger partial charge in [-0.25, -0.2) is 4.79 Å².